The maximum atomic E-state index is 12.5. The predicted octanol–water partition coefficient (Wildman–Crippen LogP) is 4.41. The van der Waals surface area contributed by atoms with Crippen LogP contribution in [0.15, 0.2) is 12.1 Å². The summed E-state index contributed by atoms with van der Waals surface area (Å²) < 4.78 is 2.00. The molecule has 2 rings (SSSR count). The standard InChI is InChI=1S/C21H36N2O2.ClH/c1-21(22,16-24)15-14-18-12-13-19(23(18)2)20(25)11-7-6-10-17-8-4-3-5-9-17;/h12-13,17,24H,3-11,14-16,22H2,1-2H3;1H/t21-;/m1./s1. The van der Waals surface area contributed by atoms with Crippen LogP contribution in [-0.4, -0.2) is 27.6 Å². The van der Waals surface area contributed by atoms with Crippen LogP contribution >= 0.6 is 12.4 Å². The van der Waals surface area contributed by atoms with Crippen LogP contribution in [-0.2, 0) is 13.5 Å². The van der Waals surface area contributed by atoms with Crippen LogP contribution in [0.3, 0.4) is 0 Å². The lowest BCUT2D eigenvalue weighted by Gasteiger charge is -2.21. The van der Waals surface area contributed by atoms with Gasteiger partial charge in [-0.2, -0.15) is 0 Å². The van der Waals surface area contributed by atoms with Crippen molar-refractivity contribution in [3.63, 3.8) is 0 Å². The molecule has 0 unspecified atom stereocenters. The van der Waals surface area contributed by atoms with Crippen molar-refractivity contribution in [2.24, 2.45) is 18.7 Å². The Balaban J connectivity index is 0.00000338. The molecule has 1 aliphatic rings. The van der Waals surface area contributed by atoms with Gasteiger partial charge in [-0.3, -0.25) is 4.79 Å². The molecule has 1 saturated carbocycles. The van der Waals surface area contributed by atoms with E-state index in [0.29, 0.717) is 12.8 Å². The van der Waals surface area contributed by atoms with Gasteiger partial charge in [-0.05, 0) is 44.2 Å². The molecule has 0 aliphatic heterocycles. The van der Waals surface area contributed by atoms with Crippen molar-refractivity contribution >= 4 is 18.2 Å². The summed E-state index contributed by atoms with van der Waals surface area (Å²) in [5.74, 6) is 1.15. The van der Waals surface area contributed by atoms with Crippen molar-refractivity contribution in [1.82, 2.24) is 4.57 Å². The maximum absolute atomic E-state index is 12.5. The Morgan fingerprint density at radius 3 is 2.62 bits per heavy atom. The fraction of sp³-hybridized carbons (Fsp3) is 0.762. The van der Waals surface area contributed by atoms with E-state index in [9.17, 15) is 9.90 Å². The molecule has 1 heterocycles. The summed E-state index contributed by atoms with van der Waals surface area (Å²) in [5, 5.41) is 9.26. The molecule has 0 spiro atoms. The molecule has 3 N–H and O–H groups in total. The smallest absolute Gasteiger partial charge is 0.179 e. The van der Waals surface area contributed by atoms with Crippen molar-refractivity contribution in [3.05, 3.63) is 23.5 Å². The maximum Gasteiger partial charge on any atom is 0.179 e. The molecule has 1 aliphatic carbocycles. The summed E-state index contributed by atoms with van der Waals surface area (Å²) in [6.45, 7) is 1.83. The zero-order valence-electron chi connectivity index (χ0n) is 16.5. The molecular weight excluding hydrogens is 348 g/mol. The third kappa shape index (κ3) is 7.05. The van der Waals surface area contributed by atoms with Gasteiger partial charge in [-0.1, -0.05) is 44.9 Å². The highest BCUT2D eigenvalue weighted by molar-refractivity contribution is 5.94. The van der Waals surface area contributed by atoms with Gasteiger partial charge in [0.05, 0.1) is 12.3 Å². The third-order valence-electron chi connectivity index (χ3n) is 5.82. The van der Waals surface area contributed by atoms with Gasteiger partial charge in [0.1, 0.15) is 0 Å². The minimum atomic E-state index is -0.562. The van der Waals surface area contributed by atoms with Crippen LogP contribution in [0.5, 0.6) is 0 Å². The fourth-order valence-electron chi connectivity index (χ4n) is 3.90. The molecular formula is C21H37ClN2O2. The van der Waals surface area contributed by atoms with E-state index in [4.69, 9.17) is 5.73 Å². The van der Waals surface area contributed by atoms with Crippen LogP contribution in [0.2, 0.25) is 0 Å². The summed E-state index contributed by atoms with van der Waals surface area (Å²) >= 11 is 0. The number of halogens is 1. The van der Waals surface area contributed by atoms with Gasteiger partial charge in [0.2, 0.25) is 0 Å². The van der Waals surface area contributed by atoms with Gasteiger partial charge in [0.15, 0.2) is 5.78 Å². The number of Topliss-reactive ketones (excluding diaryl/α,β-unsaturated/α-hetero) is 1. The predicted molar refractivity (Wildman–Crippen MR) is 110 cm³/mol. The molecule has 1 atom stereocenters. The lowest BCUT2D eigenvalue weighted by molar-refractivity contribution is 0.0970. The third-order valence-corrected chi connectivity index (χ3v) is 5.82. The van der Waals surface area contributed by atoms with Crippen LogP contribution in [0, 0.1) is 5.92 Å². The van der Waals surface area contributed by atoms with Crippen molar-refractivity contribution in [2.45, 2.75) is 83.1 Å². The number of aliphatic hydroxyl groups excluding tert-OH is 1. The van der Waals surface area contributed by atoms with E-state index >= 15 is 0 Å². The fourth-order valence-corrected chi connectivity index (χ4v) is 3.90. The first-order valence-corrected chi connectivity index (χ1v) is 10.0. The Labute approximate surface area is 164 Å². The second-order valence-electron chi connectivity index (χ2n) is 8.25. The molecule has 0 saturated heterocycles. The van der Waals surface area contributed by atoms with Crippen LogP contribution < -0.4 is 5.73 Å². The zero-order chi connectivity index (χ0) is 18.3. The molecule has 1 aromatic heterocycles. The number of nitrogens with two attached hydrogens (primary N) is 1. The summed E-state index contributed by atoms with van der Waals surface area (Å²) in [5.41, 5.74) is 7.34. The number of carbonyl (C=O) groups is 1. The molecule has 1 fully saturated rings. The summed E-state index contributed by atoms with van der Waals surface area (Å²) in [4.78, 5) is 12.5. The second kappa shape index (κ2) is 11.1. The van der Waals surface area contributed by atoms with E-state index in [2.05, 4.69) is 0 Å². The first-order chi connectivity index (χ1) is 11.9. The minimum absolute atomic E-state index is 0. The SMILES string of the molecule is Cl.Cn1c(CC[C@@](C)(N)CO)ccc1C(=O)CCCCC1CCCCC1. The number of hydrogen-bond acceptors (Lipinski definition) is 3. The molecule has 5 heteroatoms. The second-order valence-corrected chi connectivity index (χ2v) is 8.25. The van der Waals surface area contributed by atoms with Gasteiger partial charge < -0.3 is 15.4 Å². The topological polar surface area (TPSA) is 68.2 Å². The normalized spacial score (nSPS) is 17.5. The average Bonchev–Trinajstić information content (AvgIpc) is 2.98. The van der Waals surface area contributed by atoms with Crippen LogP contribution in [0.1, 0.15) is 87.3 Å². The van der Waals surface area contributed by atoms with Crippen LogP contribution in [0.25, 0.3) is 0 Å². The zero-order valence-corrected chi connectivity index (χ0v) is 17.3. The number of rotatable bonds is 10. The lowest BCUT2D eigenvalue weighted by Crippen LogP contribution is -2.40. The monoisotopic (exact) mass is 384 g/mol. The van der Waals surface area contributed by atoms with Crippen molar-refractivity contribution in [1.29, 1.82) is 0 Å². The van der Waals surface area contributed by atoms with E-state index < -0.39 is 5.54 Å². The van der Waals surface area contributed by atoms with Crippen molar-refractivity contribution < 1.29 is 9.90 Å². The van der Waals surface area contributed by atoms with Crippen LogP contribution in [0.4, 0.5) is 0 Å². The number of aliphatic hydroxyl groups is 1. The Hall–Kier alpha value is -0.840. The highest BCUT2D eigenvalue weighted by Crippen LogP contribution is 2.28. The van der Waals surface area contributed by atoms with Crippen molar-refractivity contribution in [3.8, 4) is 0 Å². The minimum Gasteiger partial charge on any atom is -0.394 e. The number of carbonyl (C=O) groups excluding carboxylic acids is 1. The average molecular weight is 385 g/mol. The van der Waals surface area contributed by atoms with Gasteiger partial charge in [-0.15, -0.1) is 12.4 Å². The van der Waals surface area contributed by atoms with Gasteiger partial charge in [-0.25, -0.2) is 0 Å². The van der Waals surface area contributed by atoms with Crippen molar-refractivity contribution in [2.75, 3.05) is 6.61 Å². The largest absolute Gasteiger partial charge is 0.394 e. The number of hydrogen-bond donors (Lipinski definition) is 2. The first-order valence-electron chi connectivity index (χ1n) is 10.0. The quantitative estimate of drug-likeness (QED) is 0.463. The molecule has 26 heavy (non-hydrogen) atoms. The molecule has 0 bridgehead atoms. The Morgan fingerprint density at radius 2 is 1.96 bits per heavy atom. The number of aromatic nitrogens is 1. The lowest BCUT2D eigenvalue weighted by atomic mass is 9.85. The van der Waals surface area contributed by atoms with Gasteiger partial charge >= 0.3 is 0 Å². The molecule has 1 aromatic rings. The Kier molecular flexibility index (Phi) is 9.91. The Bertz CT molecular complexity index is 548. The highest BCUT2D eigenvalue weighted by Gasteiger charge is 2.19. The molecule has 0 amide bonds. The number of unbranched alkanes of at least 4 members (excludes halogenated alkanes) is 1. The summed E-state index contributed by atoms with van der Waals surface area (Å²) in [6, 6.07) is 3.95. The summed E-state index contributed by atoms with van der Waals surface area (Å²) in [6.07, 6.45) is 12.6. The van der Waals surface area contributed by atoms with Gasteiger partial charge in [0.25, 0.3) is 0 Å². The van der Waals surface area contributed by atoms with E-state index in [1.54, 1.807) is 0 Å². The molecule has 4 nitrogen and oxygen atoms in total. The Morgan fingerprint density at radius 1 is 1.27 bits per heavy atom. The molecule has 0 radical (unpaired) electrons. The summed E-state index contributed by atoms with van der Waals surface area (Å²) in [7, 11) is 1.96. The highest BCUT2D eigenvalue weighted by atomic mass is 35.5. The van der Waals surface area contributed by atoms with E-state index in [-0.39, 0.29) is 24.8 Å². The van der Waals surface area contributed by atoms with E-state index in [1.165, 1.54) is 44.9 Å². The molecule has 150 valence electrons. The van der Waals surface area contributed by atoms with Gasteiger partial charge in [0, 0.05) is 24.7 Å². The number of aryl methyl sites for hydroxylation is 1. The first kappa shape index (κ1) is 23.2. The molecule has 0 aromatic carbocycles. The number of nitrogens with zero attached hydrogens (tertiary/aromatic N) is 1. The van der Waals surface area contributed by atoms with E-state index in [1.807, 2.05) is 30.7 Å². The number of ketones is 1. The van der Waals surface area contributed by atoms with E-state index in [0.717, 1.165) is 30.1 Å².